The molecule has 0 aromatic heterocycles. The van der Waals surface area contributed by atoms with Gasteiger partial charge in [-0.2, -0.15) is 0 Å². The topological polar surface area (TPSA) is 29.3 Å². The number of benzene rings is 2. The van der Waals surface area contributed by atoms with Gasteiger partial charge < -0.3 is 5.73 Å². The summed E-state index contributed by atoms with van der Waals surface area (Å²) >= 11 is 0. The predicted octanol–water partition coefficient (Wildman–Crippen LogP) is 3.83. The van der Waals surface area contributed by atoms with Gasteiger partial charge in [-0.3, -0.25) is 4.90 Å². The molecule has 0 saturated heterocycles. The lowest BCUT2D eigenvalue weighted by Gasteiger charge is -2.30. The van der Waals surface area contributed by atoms with E-state index in [1.165, 1.54) is 22.3 Å². The molecule has 2 nitrogen and oxygen atoms in total. The Morgan fingerprint density at radius 2 is 1.71 bits per heavy atom. The minimum atomic E-state index is 0.273. The first-order valence-corrected chi connectivity index (χ1v) is 7.71. The Kier molecular flexibility index (Phi) is 5.54. The van der Waals surface area contributed by atoms with E-state index in [1.54, 1.807) is 0 Å². The highest BCUT2D eigenvalue weighted by Gasteiger charge is 2.18. The summed E-state index contributed by atoms with van der Waals surface area (Å²) in [6, 6.07) is 17.6. The van der Waals surface area contributed by atoms with Crippen LogP contribution in [0.1, 0.15) is 35.2 Å². The van der Waals surface area contributed by atoms with Crippen LogP contribution in [-0.4, -0.2) is 18.0 Å². The van der Waals surface area contributed by atoms with E-state index in [2.05, 4.69) is 74.2 Å². The van der Waals surface area contributed by atoms with Crippen LogP contribution in [0.5, 0.6) is 0 Å². The highest BCUT2D eigenvalue weighted by molar-refractivity contribution is 5.32. The molecule has 0 saturated carbocycles. The second kappa shape index (κ2) is 7.39. The summed E-state index contributed by atoms with van der Waals surface area (Å²) < 4.78 is 0. The highest BCUT2D eigenvalue weighted by Crippen LogP contribution is 2.23. The molecule has 0 amide bonds. The fraction of sp³-hybridized carbons (Fsp3) is 0.368. The molecule has 2 aromatic rings. The number of hydrogen-bond acceptors (Lipinski definition) is 2. The Balaban J connectivity index is 2.22. The molecule has 1 atom stereocenters. The van der Waals surface area contributed by atoms with Gasteiger partial charge in [0, 0.05) is 19.1 Å². The molecule has 2 heteroatoms. The van der Waals surface area contributed by atoms with E-state index < -0.39 is 0 Å². The Morgan fingerprint density at radius 3 is 2.29 bits per heavy atom. The lowest BCUT2D eigenvalue weighted by Crippen LogP contribution is -2.33. The average molecular weight is 282 g/mol. The van der Waals surface area contributed by atoms with Gasteiger partial charge in [0.2, 0.25) is 0 Å². The minimum Gasteiger partial charge on any atom is -0.329 e. The van der Waals surface area contributed by atoms with Gasteiger partial charge in [0.05, 0.1) is 0 Å². The van der Waals surface area contributed by atoms with Crippen LogP contribution in [0.25, 0.3) is 0 Å². The molecule has 0 bridgehead atoms. The van der Waals surface area contributed by atoms with Crippen LogP contribution in [-0.2, 0) is 6.54 Å². The van der Waals surface area contributed by atoms with Gasteiger partial charge in [-0.25, -0.2) is 0 Å². The van der Waals surface area contributed by atoms with E-state index in [4.69, 9.17) is 5.73 Å². The molecule has 0 spiro atoms. The summed E-state index contributed by atoms with van der Waals surface area (Å²) in [5.41, 5.74) is 11.4. The highest BCUT2D eigenvalue weighted by atomic mass is 15.2. The third-order valence-corrected chi connectivity index (χ3v) is 4.21. The van der Waals surface area contributed by atoms with Gasteiger partial charge in [0.1, 0.15) is 0 Å². The Bertz CT molecular complexity index is 563. The quantitative estimate of drug-likeness (QED) is 0.872. The van der Waals surface area contributed by atoms with Crippen LogP contribution in [0.3, 0.4) is 0 Å². The number of nitrogens with zero attached hydrogens (tertiary/aromatic N) is 1. The average Bonchev–Trinajstić information content (AvgIpc) is 2.51. The van der Waals surface area contributed by atoms with E-state index in [-0.39, 0.29) is 6.04 Å². The maximum atomic E-state index is 6.08. The van der Waals surface area contributed by atoms with Crippen molar-refractivity contribution >= 4 is 0 Å². The van der Waals surface area contributed by atoms with Crippen molar-refractivity contribution in [1.82, 2.24) is 4.90 Å². The van der Waals surface area contributed by atoms with Gasteiger partial charge in [-0.15, -0.1) is 0 Å². The zero-order chi connectivity index (χ0) is 15.2. The van der Waals surface area contributed by atoms with Crippen molar-refractivity contribution in [2.45, 2.75) is 33.4 Å². The number of rotatable bonds is 6. The minimum absolute atomic E-state index is 0.273. The first kappa shape index (κ1) is 15.7. The molecule has 0 radical (unpaired) electrons. The van der Waals surface area contributed by atoms with E-state index in [0.717, 1.165) is 13.1 Å². The fourth-order valence-electron chi connectivity index (χ4n) is 2.73. The molecule has 112 valence electrons. The van der Waals surface area contributed by atoms with Crippen molar-refractivity contribution in [1.29, 1.82) is 0 Å². The normalized spacial score (nSPS) is 12.6. The van der Waals surface area contributed by atoms with Crippen molar-refractivity contribution in [2.24, 2.45) is 5.73 Å². The second-order valence-corrected chi connectivity index (χ2v) is 5.64. The molecular formula is C19H26N2. The van der Waals surface area contributed by atoms with Gasteiger partial charge in [-0.05, 0) is 42.6 Å². The lowest BCUT2D eigenvalue weighted by atomic mass is 9.99. The summed E-state index contributed by atoms with van der Waals surface area (Å²) in [6.45, 7) is 9.09. The van der Waals surface area contributed by atoms with Gasteiger partial charge >= 0.3 is 0 Å². The molecule has 21 heavy (non-hydrogen) atoms. The lowest BCUT2D eigenvalue weighted by molar-refractivity contribution is 0.203. The number of nitrogens with two attached hydrogens (primary N) is 1. The van der Waals surface area contributed by atoms with Crippen LogP contribution in [0.2, 0.25) is 0 Å². The second-order valence-electron chi connectivity index (χ2n) is 5.64. The number of likely N-dealkylation sites (N-methyl/N-ethyl adjacent to an activating group) is 1. The largest absolute Gasteiger partial charge is 0.329 e. The molecule has 0 aliphatic rings. The summed E-state index contributed by atoms with van der Waals surface area (Å²) in [6.07, 6.45) is 0. The monoisotopic (exact) mass is 282 g/mol. The van der Waals surface area contributed by atoms with Crippen molar-refractivity contribution in [3.05, 3.63) is 70.8 Å². The molecule has 0 heterocycles. The third kappa shape index (κ3) is 3.93. The zero-order valence-corrected chi connectivity index (χ0v) is 13.3. The van der Waals surface area contributed by atoms with E-state index >= 15 is 0 Å². The predicted molar refractivity (Wildman–Crippen MR) is 90.2 cm³/mol. The van der Waals surface area contributed by atoms with Crippen LogP contribution >= 0.6 is 0 Å². The Hall–Kier alpha value is -1.64. The molecule has 2 aromatic carbocycles. The fourth-order valence-corrected chi connectivity index (χ4v) is 2.73. The molecule has 2 rings (SSSR count). The molecule has 0 aliphatic heterocycles. The summed E-state index contributed by atoms with van der Waals surface area (Å²) in [5.74, 6) is 0. The Labute approximate surface area is 128 Å². The molecule has 2 N–H and O–H groups in total. The van der Waals surface area contributed by atoms with Crippen molar-refractivity contribution in [2.75, 3.05) is 13.1 Å². The third-order valence-electron chi connectivity index (χ3n) is 4.21. The van der Waals surface area contributed by atoms with E-state index in [9.17, 15) is 0 Å². The number of aryl methyl sites for hydroxylation is 2. The van der Waals surface area contributed by atoms with Crippen molar-refractivity contribution in [3.8, 4) is 0 Å². The van der Waals surface area contributed by atoms with E-state index in [0.29, 0.717) is 6.54 Å². The maximum Gasteiger partial charge on any atom is 0.0473 e. The van der Waals surface area contributed by atoms with Crippen LogP contribution in [0.15, 0.2) is 48.5 Å². The summed E-state index contributed by atoms with van der Waals surface area (Å²) in [4.78, 5) is 2.44. The summed E-state index contributed by atoms with van der Waals surface area (Å²) in [7, 11) is 0. The number of hydrogen-bond donors (Lipinski definition) is 1. The smallest absolute Gasteiger partial charge is 0.0473 e. The zero-order valence-electron chi connectivity index (χ0n) is 13.3. The van der Waals surface area contributed by atoms with Crippen molar-refractivity contribution in [3.63, 3.8) is 0 Å². The SMILES string of the molecule is CCN(Cc1ccccc1)C(CN)c1ccc(C)c(C)c1. The van der Waals surface area contributed by atoms with E-state index in [1.807, 2.05) is 0 Å². The van der Waals surface area contributed by atoms with Gasteiger partial charge in [0.15, 0.2) is 0 Å². The maximum absolute atomic E-state index is 6.08. The molecule has 1 unspecified atom stereocenters. The van der Waals surface area contributed by atoms with Crippen LogP contribution in [0, 0.1) is 13.8 Å². The Morgan fingerprint density at radius 1 is 1.00 bits per heavy atom. The van der Waals surface area contributed by atoms with Gasteiger partial charge in [0.25, 0.3) is 0 Å². The van der Waals surface area contributed by atoms with Crippen LogP contribution in [0.4, 0.5) is 0 Å². The molecule has 0 aliphatic carbocycles. The van der Waals surface area contributed by atoms with Gasteiger partial charge in [-0.1, -0.05) is 55.5 Å². The van der Waals surface area contributed by atoms with Crippen molar-refractivity contribution < 1.29 is 0 Å². The summed E-state index contributed by atoms with van der Waals surface area (Å²) in [5, 5.41) is 0. The molecular weight excluding hydrogens is 256 g/mol. The first-order valence-electron chi connectivity index (χ1n) is 7.71. The first-order chi connectivity index (χ1) is 10.2. The standard InChI is InChI=1S/C19H26N2/c1-4-21(14-17-8-6-5-7-9-17)19(13-20)18-11-10-15(2)16(3)12-18/h5-12,19H,4,13-14,20H2,1-3H3. The van der Waals surface area contributed by atoms with Crippen LogP contribution < -0.4 is 5.73 Å². The molecule has 0 fully saturated rings.